The third-order valence-electron chi connectivity index (χ3n) is 3.17. The first-order valence-electron chi connectivity index (χ1n) is 6.13. The van der Waals surface area contributed by atoms with Crippen molar-refractivity contribution in [1.82, 2.24) is 9.88 Å². The van der Waals surface area contributed by atoms with Crippen molar-refractivity contribution in [3.8, 4) is 0 Å². The van der Waals surface area contributed by atoms with E-state index >= 15 is 0 Å². The van der Waals surface area contributed by atoms with Crippen LogP contribution in [0.2, 0.25) is 5.15 Å². The largest absolute Gasteiger partial charge is 0.481 e. The van der Waals surface area contributed by atoms with Gasteiger partial charge in [-0.1, -0.05) is 11.6 Å². The number of carboxylic acid groups (broad SMARTS) is 1. The molecule has 7 nitrogen and oxygen atoms in total. The van der Waals surface area contributed by atoms with Gasteiger partial charge in [-0.3, -0.25) is 9.59 Å². The summed E-state index contributed by atoms with van der Waals surface area (Å²) in [6, 6.07) is 1.95. The average Bonchev–Trinajstić information content (AvgIpc) is 2.36. The molecule has 2 rings (SSSR count). The molecule has 0 radical (unpaired) electrons. The maximum absolute atomic E-state index is 12.4. The van der Waals surface area contributed by atoms with E-state index in [1.807, 2.05) is 0 Å². The van der Waals surface area contributed by atoms with Crippen LogP contribution in [-0.2, 0) is 14.6 Å². The summed E-state index contributed by atoms with van der Waals surface area (Å²) in [6.07, 6.45) is 0.951. The summed E-state index contributed by atoms with van der Waals surface area (Å²) in [4.78, 5) is 28.3. The van der Waals surface area contributed by atoms with Crippen LogP contribution in [-0.4, -0.2) is 59.4 Å². The zero-order valence-corrected chi connectivity index (χ0v) is 12.5. The monoisotopic (exact) mass is 332 g/mol. The Hall–Kier alpha value is -1.67. The molecule has 1 saturated heterocycles. The van der Waals surface area contributed by atoms with E-state index in [4.69, 9.17) is 16.7 Å². The number of nitrogens with zero attached hydrogens (tertiary/aromatic N) is 2. The lowest BCUT2D eigenvalue weighted by Gasteiger charge is -2.34. The Morgan fingerprint density at radius 1 is 1.48 bits per heavy atom. The summed E-state index contributed by atoms with van der Waals surface area (Å²) in [5.74, 6) is -2.11. The van der Waals surface area contributed by atoms with Gasteiger partial charge in [-0.25, -0.2) is 13.4 Å². The van der Waals surface area contributed by atoms with Crippen LogP contribution in [0.3, 0.4) is 0 Å². The highest BCUT2D eigenvalue weighted by Crippen LogP contribution is 2.19. The predicted molar refractivity (Wildman–Crippen MR) is 75.0 cm³/mol. The zero-order valence-electron chi connectivity index (χ0n) is 10.9. The van der Waals surface area contributed by atoms with Gasteiger partial charge in [0, 0.05) is 18.3 Å². The quantitative estimate of drug-likeness (QED) is 0.806. The van der Waals surface area contributed by atoms with Gasteiger partial charge in [0.2, 0.25) is 0 Å². The third kappa shape index (κ3) is 3.92. The molecule has 1 aliphatic heterocycles. The second-order valence-corrected chi connectivity index (χ2v) is 7.35. The Balaban J connectivity index is 2.27. The smallest absolute Gasteiger partial charge is 0.305 e. The molecule has 1 fully saturated rings. The molecule has 1 aromatic heterocycles. The number of amides is 1. The third-order valence-corrected chi connectivity index (χ3v) is 5.08. The minimum absolute atomic E-state index is 0.0287. The summed E-state index contributed by atoms with van der Waals surface area (Å²) < 4.78 is 23.3. The van der Waals surface area contributed by atoms with E-state index in [2.05, 4.69) is 4.98 Å². The number of sulfone groups is 1. The van der Waals surface area contributed by atoms with Crippen LogP contribution in [0, 0.1) is 0 Å². The second-order valence-electron chi connectivity index (χ2n) is 4.73. The molecule has 114 valence electrons. The van der Waals surface area contributed by atoms with E-state index < -0.39 is 34.2 Å². The SMILES string of the molecule is O=C(O)CC1CS(=O)(=O)CCN1C(=O)c1ccnc(Cl)c1. The molecule has 0 spiro atoms. The number of carbonyl (C=O) groups excluding carboxylic acids is 1. The molecule has 0 saturated carbocycles. The fourth-order valence-corrected chi connectivity index (χ4v) is 3.93. The van der Waals surface area contributed by atoms with Crippen molar-refractivity contribution in [1.29, 1.82) is 0 Å². The number of carboxylic acids is 1. The van der Waals surface area contributed by atoms with Crippen LogP contribution in [0.4, 0.5) is 0 Å². The molecule has 0 aromatic carbocycles. The summed E-state index contributed by atoms with van der Waals surface area (Å²) in [7, 11) is -3.33. The van der Waals surface area contributed by atoms with E-state index in [1.54, 1.807) is 0 Å². The number of hydrogen-bond acceptors (Lipinski definition) is 5. The molecule has 9 heteroatoms. The van der Waals surface area contributed by atoms with Crippen LogP contribution in [0.15, 0.2) is 18.3 Å². The lowest BCUT2D eigenvalue weighted by molar-refractivity contribution is -0.138. The van der Waals surface area contributed by atoms with Crippen molar-refractivity contribution in [3.63, 3.8) is 0 Å². The zero-order chi connectivity index (χ0) is 15.6. The van der Waals surface area contributed by atoms with Gasteiger partial charge in [-0.15, -0.1) is 0 Å². The van der Waals surface area contributed by atoms with Crippen molar-refractivity contribution in [2.45, 2.75) is 12.5 Å². The van der Waals surface area contributed by atoms with Crippen LogP contribution in [0.5, 0.6) is 0 Å². The minimum atomic E-state index is -3.33. The molecule has 1 aliphatic rings. The van der Waals surface area contributed by atoms with E-state index in [-0.39, 0.29) is 28.8 Å². The summed E-state index contributed by atoms with van der Waals surface area (Å²) in [5.41, 5.74) is 0.254. The molecule has 1 amide bonds. The number of rotatable bonds is 3. The highest BCUT2D eigenvalue weighted by atomic mass is 35.5. The standard InChI is InChI=1S/C12H13ClN2O5S/c13-10-5-8(1-2-14-10)12(18)15-3-4-21(19,20)7-9(15)6-11(16)17/h1-2,5,9H,3-4,6-7H2,(H,16,17). The lowest BCUT2D eigenvalue weighted by Crippen LogP contribution is -2.52. The lowest BCUT2D eigenvalue weighted by atomic mass is 10.1. The highest BCUT2D eigenvalue weighted by Gasteiger charge is 2.35. The van der Waals surface area contributed by atoms with Gasteiger partial charge in [-0.05, 0) is 12.1 Å². The number of hydrogen-bond donors (Lipinski definition) is 1. The fraction of sp³-hybridized carbons (Fsp3) is 0.417. The van der Waals surface area contributed by atoms with Gasteiger partial charge in [-0.2, -0.15) is 0 Å². The molecule has 1 atom stereocenters. The summed E-state index contributed by atoms with van der Waals surface area (Å²) in [6.45, 7) is -0.0287. The maximum Gasteiger partial charge on any atom is 0.305 e. The molecule has 0 bridgehead atoms. The van der Waals surface area contributed by atoms with Crippen molar-refractivity contribution in [3.05, 3.63) is 29.0 Å². The van der Waals surface area contributed by atoms with E-state index in [9.17, 15) is 18.0 Å². The van der Waals surface area contributed by atoms with Gasteiger partial charge >= 0.3 is 5.97 Å². The number of aromatic nitrogens is 1. The molecule has 0 aliphatic carbocycles. The molecule has 1 unspecified atom stereocenters. The van der Waals surface area contributed by atoms with Gasteiger partial charge in [0.1, 0.15) is 5.15 Å². The molecule has 1 N–H and O–H groups in total. The van der Waals surface area contributed by atoms with E-state index in [0.717, 1.165) is 0 Å². The first kappa shape index (κ1) is 15.7. The van der Waals surface area contributed by atoms with Gasteiger partial charge in [0.05, 0.1) is 24.0 Å². The van der Waals surface area contributed by atoms with Gasteiger partial charge < -0.3 is 10.0 Å². The maximum atomic E-state index is 12.4. The fourth-order valence-electron chi connectivity index (χ4n) is 2.23. The molecule has 2 heterocycles. The Kier molecular flexibility index (Phi) is 4.48. The second kappa shape index (κ2) is 5.98. The summed E-state index contributed by atoms with van der Waals surface area (Å²) in [5, 5.41) is 9.03. The number of halogens is 1. The minimum Gasteiger partial charge on any atom is -0.481 e. The summed E-state index contributed by atoms with van der Waals surface area (Å²) >= 11 is 5.72. The average molecular weight is 333 g/mol. The Morgan fingerprint density at radius 2 is 2.19 bits per heavy atom. The van der Waals surface area contributed by atoms with Crippen LogP contribution >= 0.6 is 11.6 Å². The Bertz CT molecular complexity index is 676. The van der Waals surface area contributed by atoms with Crippen molar-refractivity contribution in [2.75, 3.05) is 18.1 Å². The number of aliphatic carboxylic acids is 1. The van der Waals surface area contributed by atoms with Gasteiger partial charge in [0.25, 0.3) is 5.91 Å². The van der Waals surface area contributed by atoms with Crippen molar-refractivity contribution < 1.29 is 23.1 Å². The van der Waals surface area contributed by atoms with E-state index in [1.165, 1.54) is 23.2 Å². The Morgan fingerprint density at radius 3 is 2.81 bits per heavy atom. The number of carbonyl (C=O) groups is 2. The first-order valence-corrected chi connectivity index (χ1v) is 8.33. The molecular weight excluding hydrogens is 320 g/mol. The Labute approximate surface area is 126 Å². The van der Waals surface area contributed by atoms with E-state index in [0.29, 0.717) is 0 Å². The molecular formula is C12H13ClN2O5S. The van der Waals surface area contributed by atoms with Crippen LogP contribution < -0.4 is 0 Å². The highest BCUT2D eigenvalue weighted by molar-refractivity contribution is 7.91. The molecule has 1 aromatic rings. The van der Waals surface area contributed by atoms with Gasteiger partial charge in [0.15, 0.2) is 9.84 Å². The molecule has 21 heavy (non-hydrogen) atoms. The first-order chi connectivity index (χ1) is 9.78. The predicted octanol–water partition coefficient (Wildman–Crippen LogP) is 0.449. The number of pyridine rings is 1. The topological polar surface area (TPSA) is 105 Å². The van der Waals surface area contributed by atoms with Crippen molar-refractivity contribution in [2.24, 2.45) is 0 Å². The van der Waals surface area contributed by atoms with Crippen LogP contribution in [0.25, 0.3) is 0 Å². The normalized spacial score (nSPS) is 21.0. The van der Waals surface area contributed by atoms with Crippen LogP contribution in [0.1, 0.15) is 16.8 Å². The van der Waals surface area contributed by atoms with Crippen molar-refractivity contribution >= 4 is 33.3 Å².